The number of para-hydroxylation sites is 1. The van der Waals surface area contributed by atoms with Crippen molar-refractivity contribution in [1.29, 1.82) is 0 Å². The summed E-state index contributed by atoms with van der Waals surface area (Å²) < 4.78 is 38.5. The Hall–Kier alpha value is -3.11. The molecule has 0 bridgehead atoms. The van der Waals surface area contributed by atoms with Crippen molar-refractivity contribution in [2.75, 3.05) is 18.5 Å². The van der Waals surface area contributed by atoms with E-state index in [9.17, 15) is 18.0 Å². The van der Waals surface area contributed by atoms with Gasteiger partial charge in [-0.25, -0.2) is 8.42 Å². The highest BCUT2D eigenvalue weighted by Gasteiger charge is 2.23. The minimum atomic E-state index is -3.92. The van der Waals surface area contributed by atoms with E-state index in [-0.39, 0.29) is 17.3 Å². The van der Waals surface area contributed by atoms with Crippen LogP contribution in [0.4, 0.5) is 5.69 Å². The van der Waals surface area contributed by atoms with Gasteiger partial charge in [0.15, 0.2) is 11.5 Å². The second-order valence-electron chi connectivity index (χ2n) is 6.71. The van der Waals surface area contributed by atoms with Crippen molar-refractivity contribution in [3.05, 3.63) is 48.0 Å². The molecule has 0 radical (unpaired) electrons. The molecule has 3 N–H and O–H groups in total. The van der Waals surface area contributed by atoms with Crippen molar-refractivity contribution in [3.8, 4) is 11.5 Å². The maximum Gasteiger partial charge on any atom is 0.241 e. The Morgan fingerprint density at radius 2 is 1.77 bits per heavy atom. The summed E-state index contributed by atoms with van der Waals surface area (Å²) in [6.45, 7) is 3.88. The zero-order valence-corrected chi connectivity index (χ0v) is 17.4. The molecule has 9 nitrogen and oxygen atoms in total. The number of fused-ring (bicyclic) bond motifs is 1. The number of amides is 2. The molecule has 2 amide bonds. The fourth-order valence-electron chi connectivity index (χ4n) is 2.88. The van der Waals surface area contributed by atoms with E-state index in [1.165, 1.54) is 38.1 Å². The molecular formula is C20H23N3O6S. The number of nitrogens with one attached hydrogen (secondary N) is 3. The van der Waals surface area contributed by atoms with Crippen LogP contribution in [0.15, 0.2) is 47.4 Å². The number of benzene rings is 2. The van der Waals surface area contributed by atoms with Gasteiger partial charge in [0.05, 0.1) is 10.9 Å². The Balaban J connectivity index is 1.60. The first-order valence-corrected chi connectivity index (χ1v) is 10.8. The second-order valence-corrected chi connectivity index (χ2v) is 8.42. The molecule has 1 aliphatic rings. The predicted octanol–water partition coefficient (Wildman–Crippen LogP) is 1.40. The number of anilines is 1. The molecule has 0 unspecified atom stereocenters. The molecule has 0 saturated carbocycles. The van der Waals surface area contributed by atoms with Crippen LogP contribution in [-0.4, -0.2) is 39.5 Å². The molecular weight excluding hydrogens is 410 g/mol. The first kappa shape index (κ1) is 21.6. The molecule has 1 aliphatic heterocycles. The minimum absolute atomic E-state index is 0.0149. The third kappa shape index (κ3) is 5.28. The molecule has 160 valence electrons. The number of hydrogen-bond acceptors (Lipinski definition) is 6. The standard InChI is InChI=1S/C20H23N3O6S/c1-13(23-30(26,27)17-8-6-16(7-9-17)22-14(2)24)20(25)21-12-15-4-3-5-18-19(15)29-11-10-28-18/h3-9,13,23H,10-12H2,1-2H3,(H,21,25)(H,22,24)/t13-/m0/s1. The fraction of sp³-hybridized carbons (Fsp3) is 0.300. The molecule has 1 heterocycles. The third-order valence-corrected chi connectivity index (χ3v) is 5.87. The average molecular weight is 433 g/mol. The number of hydrogen-bond donors (Lipinski definition) is 3. The molecule has 2 aromatic carbocycles. The van der Waals surface area contributed by atoms with Crippen LogP contribution in [0.25, 0.3) is 0 Å². The van der Waals surface area contributed by atoms with Crippen molar-refractivity contribution in [1.82, 2.24) is 10.0 Å². The van der Waals surface area contributed by atoms with Gasteiger partial charge in [-0.05, 0) is 37.3 Å². The van der Waals surface area contributed by atoms with Crippen molar-refractivity contribution in [3.63, 3.8) is 0 Å². The highest BCUT2D eigenvalue weighted by molar-refractivity contribution is 7.89. The number of sulfonamides is 1. The van der Waals surface area contributed by atoms with E-state index in [4.69, 9.17) is 9.47 Å². The van der Waals surface area contributed by atoms with E-state index in [0.29, 0.717) is 30.4 Å². The first-order valence-electron chi connectivity index (χ1n) is 9.31. The van der Waals surface area contributed by atoms with E-state index in [1.54, 1.807) is 18.2 Å². The first-order chi connectivity index (χ1) is 14.3. The Labute approximate surface area is 174 Å². The lowest BCUT2D eigenvalue weighted by Crippen LogP contribution is -2.44. The fourth-order valence-corrected chi connectivity index (χ4v) is 4.09. The van der Waals surface area contributed by atoms with Crippen LogP contribution >= 0.6 is 0 Å². The summed E-state index contributed by atoms with van der Waals surface area (Å²) in [7, 11) is -3.92. The summed E-state index contributed by atoms with van der Waals surface area (Å²) in [6, 6.07) is 10.0. The summed E-state index contributed by atoms with van der Waals surface area (Å²) >= 11 is 0. The van der Waals surface area contributed by atoms with Gasteiger partial charge < -0.3 is 20.1 Å². The Morgan fingerprint density at radius 3 is 2.47 bits per heavy atom. The van der Waals surface area contributed by atoms with E-state index in [2.05, 4.69) is 15.4 Å². The predicted molar refractivity (Wildman–Crippen MR) is 110 cm³/mol. The highest BCUT2D eigenvalue weighted by atomic mass is 32.2. The number of rotatable bonds is 7. The molecule has 10 heteroatoms. The zero-order chi connectivity index (χ0) is 21.7. The van der Waals surface area contributed by atoms with E-state index < -0.39 is 22.0 Å². The van der Waals surface area contributed by atoms with Gasteiger partial charge in [0.25, 0.3) is 0 Å². The topological polar surface area (TPSA) is 123 Å². The van der Waals surface area contributed by atoms with Gasteiger partial charge in [-0.2, -0.15) is 4.72 Å². The van der Waals surface area contributed by atoms with Crippen LogP contribution in [0, 0.1) is 0 Å². The van der Waals surface area contributed by atoms with Gasteiger partial charge in [0.2, 0.25) is 21.8 Å². The van der Waals surface area contributed by atoms with Gasteiger partial charge >= 0.3 is 0 Å². The Morgan fingerprint density at radius 1 is 1.07 bits per heavy atom. The number of carbonyl (C=O) groups excluding carboxylic acids is 2. The lowest BCUT2D eigenvalue weighted by molar-refractivity contribution is -0.122. The van der Waals surface area contributed by atoms with Gasteiger partial charge in [-0.1, -0.05) is 12.1 Å². The molecule has 0 aromatic heterocycles. The van der Waals surface area contributed by atoms with Gasteiger partial charge in [-0.3, -0.25) is 9.59 Å². The molecule has 30 heavy (non-hydrogen) atoms. The minimum Gasteiger partial charge on any atom is -0.486 e. The maximum absolute atomic E-state index is 12.5. The smallest absolute Gasteiger partial charge is 0.241 e. The van der Waals surface area contributed by atoms with Crippen LogP contribution in [-0.2, 0) is 26.2 Å². The van der Waals surface area contributed by atoms with Gasteiger partial charge in [0.1, 0.15) is 13.2 Å². The number of carbonyl (C=O) groups is 2. The van der Waals surface area contributed by atoms with Gasteiger partial charge in [0, 0.05) is 24.7 Å². The lowest BCUT2D eigenvalue weighted by atomic mass is 10.1. The SMILES string of the molecule is CC(=O)Nc1ccc(S(=O)(=O)N[C@@H](C)C(=O)NCc2cccc3c2OCCO3)cc1. The molecule has 2 aromatic rings. The molecule has 0 fully saturated rings. The Bertz CT molecular complexity index is 1040. The summed E-state index contributed by atoms with van der Waals surface area (Å²) in [6.07, 6.45) is 0. The highest BCUT2D eigenvalue weighted by Crippen LogP contribution is 2.33. The molecule has 0 aliphatic carbocycles. The normalized spacial score (nSPS) is 13.9. The lowest BCUT2D eigenvalue weighted by Gasteiger charge is -2.21. The maximum atomic E-state index is 12.5. The van der Waals surface area contributed by atoms with Crippen LogP contribution in [0.5, 0.6) is 11.5 Å². The summed E-state index contributed by atoms with van der Waals surface area (Å²) in [5, 5.41) is 5.26. The largest absolute Gasteiger partial charge is 0.486 e. The van der Waals surface area contributed by atoms with Gasteiger partial charge in [-0.15, -0.1) is 0 Å². The molecule has 3 rings (SSSR count). The van der Waals surface area contributed by atoms with Crippen LogP contribution in [0.1, 0.15) is 19.4 Å². The van der Waals surface area contributed by atoms with Crippen LogP contribution in [0.2, 0.25) is 0 Å². The summed E-state index contributed by atoms with van der Waals surface area (Å²) in [5.41, 5.74) is 1.22. The molecule has 0 spiro atoms. The summed E-state index contributed by atoms with van der Waals surface area (Å²) in [4.78, 5) is 23.5. The van der Waals surface area contributed by atoms with Crippen LogP contribution in [0.3, 0.4) is 0 Å². The quantitative estimate of drug-likeness (QED) is 0.607. The average Bonchev–Trinajstić information content (AvgIpc) is 2.71. The monoisotopic (exact) mass is 433 g/mol. The Kier molecular flexibility index (Phi) is 6.58. The van der Waals surface area contributed by atoms with Crippen LogP contribution < -0.4 is 24.8 Å². The second kappa shape index (κ2) is 9.14. The van der Waals surface area contributed by atoms with E-state index in [1.807, 2.05) is 0 Å². The van der Waals surface area contributed by atoms with Crippen molar-refractivity contribution in [2.45, 2.75) is 31.3 Å². The third-order valence-electron chi connectivity index (χ3n) is 4.31. The molecule has 0 saturated heterocycles. The zero-order valence-electron chi connectivity index (χ0n) is 16.6. The van der Waals surface area contributed by atoms with E-state index >= 15 is 0 Å². The molecule has 1 atom stereocenters. The number of ether oxygens (including phenoxy) is 2. The summed E-state index contributed by atoms with van der Waals surface area (Å²) in [5.74, 6) is 0.453. The van der Waals surface area contributed by atoms with E-state index in [0.717, 1.165) is 5.56 Å². The van der Waals surface area contributed by atoms with Crippen molar-refractivity contribution < 1.29 is 27.5 Å². The van der Waals surface area contributed by atoms with Crippen molar-refractivity contribution >= 4 is 27.5 Å². The van der Waals surface area contributed by atoms with Crippen molar-refractivity contribution in [2.24, 2.45) is 0 Å².